The Morgan fingerprint density at radius 1 is 1.47 bits per heavy atom. The van der Waals surface area contributed by atoms with E-state index in [9.17, 15) is 5.26 Å². The number of nitriles is 1. The number of hydrogen-bond donors (Lipinski definition) is 1. The fourth-order valence-corrected chi connectivity index (χ4v) is 3.18. The van der Waals surface area contributed by atoms with Crippen molar-refractivity contribution in [2.75, 3.05) is 13.6 Å². The summed E-state index contributed by atoms with van der Waals surface area (Å²) in [5, 5.41) is 12.4. The lowest BCUT2D eigenvalue weighted by Crippen LogP contribution is -2.42. The fourth-order valence-electron chi connectivity index (χ4n) is 3.18. The Hall–Kier alpha value is -0.590. The molecule has 0 aromatic carbocycles. The maximum atomic E-state index is 9.21. The van der Waals surface area contributed by atoms with E-state index in [1.807, 2.05) is 7.05 Å². The molecular formula is C12H21N3. The molecule has 3 atom stereocenters. The van der Waals surface area contributed by atoms with Crippen LogP contribution in [0.5, 0.6) is 0 Å². The van der Waals surface area contributed by atoms with Crippen molar-refractivity contribution in [2.24, 2.45) is 0 Å². The predicted molar refractivity (Wildman–Crippen MR) is 60.4 cm³/mol. The van der Waals surface area contributed by atoms with Crippen molar-refractivity contribution in [1.82, 2.24) is 10.2 Å². The van der Waals surface area contributed by atoms with Crippen molar-refractivity contribution in [3.05, 3.63) is 0 Å². The molecule has 3 unspecified atom stereocenters. The quantitative estimate of drug-likeness (QED) is 0.746. The van der Waals surface area contributed by atoms with E-state index < -0.39 is 0 Å². The molecular weight excluding hydrogens is 186 g/mol. The average Bonchev–Trinajstić information content (AvgIpc) is 2.84. The minimum Gasteiger partial charge on any atom is -0.302 e. The summed E-state index contributed by atoms with van der Waals surface area (Å²) in [5.41, 5.74) is -0.243. The Bertz CT molecular complexity index is 271. The van der Waals surface area contributed by atoms with Crippen LogP contribution in [0, 0.1) is 11.3 Å². The van der Waals surface area contributed by atoms with Gasteiger partial charge in [0.15, 0.2) is 0 Å². The molecule has 1 N–H and O–H groups in total. The summed E-state index contributed by atoms with van der Waals surface area (Å²) in [6.07, 6.45) is 5.85. The molecule has 1 heterocycles. The molecule has 0 radical (unpaired) electrons. The van der Waals surface area contributed by atoms with Crippen molar-refractivity contribution < 1.29 is 0 Å². The molecule has 1 saturated heterocycles. The van der Waals surface area contributed by atoms with Crippen LogP contribution in [0.1, 0.15) is 39.0 Å². The molecule has 2 rings (SSSR count). The zero-order valence-corrected chi connectivity index (χ0v) is 9.79. The van der Waals surface area contributed by atoms with Gasteiger partial charge in [0.05, 0.1) is 6.07 Å². The van der Waals surface area contributed by atoms with Gasteiger partial charge in [0.25, 0.3) is 0 Å². The second kappa shape index (κ2) is 4.11. The van der Waals surface area contributed by atoms with Crippen molar-refractivity contribution in [2.45, 2.75) is 56.7 Å². The molecule has 0 aromatic rings. The van der Waals surface area contributed by atoms with Crippen LogP contribution < -0.4 is 5.32 Å². The van der Waals surface area contributed by atoms with E-state index in [0.717, 1.165) is 18.9 Å². The summed E-state index contributed by atoms with van der Waals surface area (Å²) < 4.78 is 0. The molecule has 0 aromatic heterocycles. The highest BCUT2D eigenvalue weighted by Crippen LogP contribution is 2.35. The van der Waals surface area contributed by atoms with E-state index >= 15 is 0 Å². The topological polar surface area (TPSA) is 39.1 Å². The van der Waals surface area contributed by atoms with Crippen molar-refractivity contribution in [1.29, 1.82) is 5.26 Å². The fraction of sp³-hybridized carbons (Fsp3) is 0.917. The molecule has 0 amide bonds. The van der Waals surface area contributed by atoms with Gasteiger partial charge in [-0.2, -0.15) is 5.26 Å². The number of nitrogens with zero attached hydrogens (tertiary/aromatic N) is 2. The SMILES string of the molecule is CNC1(C#N)CCC(N2CCCC2C)C1. The molecule has 3 nitrogen and oxygen atoms in total. The number of nitrogens with one attached hydrogen (secondary N) is 1. The van der Waals surface area contributed by atoms with Crippen LogP contribution in [0.4, 0.5) is 0 Å². The highest BCUT2D eigenvalue weighted by atomic mass is 15.2. The van der Waals surface area contributed by atoms with Crippen LogP contribution in [0.15, 0.2) is 0 Å². The van der Waals surface area contributed by atoms with Gasteiger partial charge in [-0.05, 0) is 52.6 Å². The first-order chi connectivity index (χ1) is 7.21. The first kappa shape index (κ1) is 10.9. The van der Waals surface area contributed by atoms with Crippen LogP contribution in [0.25, 0.3) is 0 Å². The lowest BCUT2D eigenvalue weighted by molar-refractivity contribution is 0.187. The van der Waals surface area contributed by atoms with Crippen LogP contribution in [-0.4, -0.2) is 36.1 Å². The second-order valence-electron chi connectivity index (χ2n) is 5.07. The van der Waals surface area contributed by atoms with E-state index in [1.54, 1.807) is 0 Å². The van der Waals surface area contributed by atoms with Gasteiger partial charge in [-0.1, -0.05) is 0 Å². The monoisotopic (exact) mass is 207 g/mol. The molecule has 84 valence electrons. The highest BCUT2D eigenvalue weighted by molar-refractivity contribution is 5.13. The zero-order chi connectivity index (χ0) is 10.9. The van der Waals surface area contributed by atoms with Crippen LogP contribution in [-0.2, 0) is 0 Å². The second-order valence-corrected chi connectivity index (χ2v) is 5.07. The van der Waals surface area contributed by atoms with Gasteiger partial charge < -0.3 is 5.32 Å². The van der Waals surface area contributed by atoms with Gasteiger partial charge >= 0.3 is 0 Å². The third-order valence-electron chi connectivity index (χ3n) is 4.25. The van der Waals surface area contributed by atoms with Gasteiger partial charge in [-0.25, -0.2) is 0 Å². The van der Waals surface area contributed by atoms with Gasteiger partial charge in [-0.3, -0.25) is 4.90 Å². The predicted octanol–water partition coefficient (Wildman–Crippen LogP) is 1.50. The van der Waals surface area contributed by atoms with Crippen LogP contribution in [0.2, 0.25) is 0 Å². The molecule has 1 saturated carbocycles. The van der Waals surface area contributed by atoms with Crippen molar-refractivity contribution in [3.63, 3.8) is 0 Å². The molecule has 1 aliphatic heterocycles. The Morgan fingerprint density at radius 2 is 2.27 bits per heavy atom. The van der Waals surface area contributed by atoms with Crippen molar-refractivity contribution in [3.8, 4) is 6.07 Å². The molecule has 1 aliphatic carbocycles. The maximum Gasteiger partial charge on any atom is 0.108 e. The van der Waals surface area contributed by atoms with E-state index in [4.69, 9.17) is 0 Å². The molecule has 0 bridgehead atoms. The molecule has 2 aliphatic rings. The normalized spacial score (nSPS) is 41.9. The zero-order valence-electron chi connectivity index (χ0n) is 9.79. The lowest BCUT2D eigenvalue weighted by atomic mass is 10.00. The first-order valence-electron chi connectivity index (χ1n) is 6.07. The third kappa shape index (κ3) is 1.89. The van der Waals surface area contributed by atoms with E-state index in [1.165, 1.54) is 25.8 Å². The summed E-state index contributed by atoms with van der Waals surface area (Å²) in [7, 11) is 1.92. The van der Waals surface area contributed by atoms with E-state index in [-0.39, 0.29) is 5.54 Å². The Labute approximate surface area is 92.4 Å². The van der Waals surface area contributed by atoms with E-state index in [0.29, 0.717) is 6.04 Å². The number of likely N-dealkylation sites (tertiary alicyclic amines) is 1. The summed E-state index contributed by atoms with van der Waals surface area (Å²) in [5.74, 6) is 0. The maximum absolute atomic E-state index is 9.21. The summed E-state index contributed by atoms with van der Waals surface area (Å²) in [6, 6.07) is 3.81. The average molecular weight is 207 g/mol. The summed E-state index contributed by atoms with van der Waals surface area (Å²) in [6.45, 7) is 3.55. The third-order valence-corrected chi connectivity index (χ3v) is 4.25. The van der Waals surface area contributed by atoms with Gasteiger partial charge in [-0.15, -0.1) is 0 Å². The summed E-state index contributed by atoms with van der Waals surface area (Å²) >= 11 is 0. The standard InChI is InChI=1S/C12H21N3/c1-10-4-3-7-15(10)11-5-6-12(8-11,9-13)14-2/h10-11,14H,3-8H2,1-2H3. The first-order valence-corrected chi connectivity index (χ1v) is 6.07. The van der Waals surface area contributed by atoms with E-state index in [2.05, 4.69) is 23.2 Å². The Morgan fingerprint density at radius 3 is 2.73 bits per heavy atom. The molecule has 2 fully saturated rings. The number of rotatable bonds is 2. The number of hydrogen-bond acceptors (Lipinski definition) is 3. The minimum atomic E-state index is -0.243. The molecule has 0 spiro atoms. The molecule has 3 heteroatoms. The van der Waals surface area contributed by atoms with Crippen LogP contribution in [0.3, 0.4) is 0 Å². The molecule has 15 heavy (non-hydrogen) atoms. The van der Waals surface area contributed by atoms with Crippen molar-refractivity contribution >= 4 is 0 Å². The minimum absolute atomic E-state index is 0.243. The van der Waals surface area contributed by atoms with Crippen LogP contribution >= 0.6 is 0 Å². The van der Waals surface area contributed by atoms with Gasteiger partial charge in [0, 0.05) is 12.1 Å². The largest absolute Gasteiger partial charge is 0.302 e. The van der Waals surface area contributed by atoms with Gasteiger partial charge in [0.2, 0.25) is 0 Å². The Kier molecular flexibility index (Phi) is 2.99. The van der Waals surface area contributed by atoms with Gasteiger partial charge in [0.1, 0.15) is 5.54 Å². The smallest absolute Gasteiger partial charge is 0.108 e. The lowest BCUT2D eigenvalue weighted by Gasteiger charge is -2.29. The Balaban J connectivity index is 2.01. The summed E-state index contributed by atoms with van der Waals surface area (Å²) in [4.78, 5) is 2.61. The highest BCUT2D eigenvalue weighted by Gasteiger charge is 2.42.